The summed E-state index contributed by atoms with van der Waals surface area (Å²) >= 11 is 0. The van der Waals surface area contributed by atoms with E-state index in [1.54, 1.807) is 19.9 Å². The van der Waals surface area contributed by atoms with E-state index in [-0.39, 0.29) is 43.4 Å². The van der Waals surface area contributed by atoms with Crippen molar-refractivity contribution >= 4 is 46.3 Å². The number of pyridine rings is 1. The molecule has 0 amide bonds. The van der Waals surface area contributed by atoms with Crippen molar-refractivity contribution in [2.75, 3.05) is 31.5 Å². The Hall–Kier alpha value is -3.72. The number of hydrogen-bond donors (Lipinski definition) is 2. The van der Waals surface area contributed by atoms with Crippen molar-refractivity contribution in [1.29, 1.82) is 0 Å². The summed E-state index contributed by atoms with van der Waals surface area (Å²) < 4.78 is 39.2. The lowest BCUT2D eigenvalue weighted by atomic mass is 9.69. The first-order valence-electron chi connectivity index (χ1n) is 19.5. The Morgan fingerprint density at radius 2 is 1.78 bits per heavy atom. The number of ether oxygens (including phenoxy) is 1. The maximum atomic E-state index is 14.6. The maximum Gasteiger partial charge on any atom is 0.310 e. The van der Waals surface area contributed by atoms with Gasteiger partial charge in [0.25, 0.3) is 0 Å². The van der Waals surface area contributed by atoms with Gasteiger partial charge in [0.15, 0.2) is 0 Å². The van der Waals surface area contributed by atoms with Crippen LogP contribution in [0.4, 0.5) is 5.82 Å². The Labute approximate surface area is 331 Å². The predicted octanol–water partition coefficient (Wildman–Crippen LogP) is 6.84. The standard InChI is InChI=1S/C41H53N7O5S.H2S/c1-25-10-11-29(35(40(5,6)39(49)50)32-14-15-33-36(28(32)4)44-45-48(33)31-12-13-31)21-30(25)23-47-24-41(16-17-41)53-38-34(54(47,51)52)20-26(2)37(43-38)42-27(3)22-46-18-8-7-9-19-46;/h10-11,14-15,20-21,27,31,35H,7-9,12-13,16-19,22-24H2,1-6H3,(H,42,43)(H,49,50);1H2/t27-,35?;/m0./s1. The number of benzene rings is 2. The third-order valence-corrected chi connectivity index (χ3v) is 14.0. The van der Waals surface area contributed by atoms with Gasteiger partial charge in [-0.05, 0) is 139 Å². The fourth-order valence-electron chi connectivity index (χ4n) is 8.50. The zero-order valence-corrected chi connectivity index (χ0v) is 34.7. The predicted molar refractivity (Wildman–Crippen MR) is 218 cm³/mol. The Bertz CT molecular complexity index is 2230. The molecule has 2 N–H and O–H groups in total. The monoisotopic (exact) mass is 789 g/mol. The number of aryl methyl sites for hydroxylation is 3. The molecule has 3 fully saturated rings. The van der Waals surface area contributed by atoms with Gasteiger partial charge in [0, 0.05) is 25.0 Å². The van der Waals surface area contributed by atoms with E-state index in [0.29, 0.717) is 11.9 Å². The van der Waals surface area contributed by atoms with Gasteiger partial charge in [0.2, 0.25) is 15.9 Å². The molecule has 2 aromatic carbocycles. The summed E-state index contributed by atoms with van der Waals surface area (Å²) in [5.74, 6) is -0.657. The molecule has 2 aliphatic carbocycles. The minimum atomic E-state index is -4.02. The summed E-state index contributed by atoms with van der Waals surface area (Å²) in [6.45, 7) is 14.9. The molecule has 1 spiro atoms. The number of aromatic nitrogens is 4. The van der Waals surface area contributed by atoms with Crippen LogP contribution in [0.3, 0.4) is 0 Å². The number of anilines is 1. The van der Waals surface area contributed by atoms with Crippen LogP contribution in [0.2, 0.25) is 0 Å². The van der Waals surface area contributed by atoms with E-state index in [1.807, 2.05) is 55.8 Å². The molecule has 14 heteroatoms. The third kappa shape index (κ3) is 7.47. The summed E-state index contributed by atoms with van der Waals surface area (Å²) in [6.07, 6.45) is 7.37. The van der Waals surface area contributed by atoms with Crippen molar-refractivity contribution in [3.63, 3.8) is 0 Å². The van der Waals surface area contributed by atoms with Gasteiger partial charge in [0.1, 0.15) is 21.8 Å². The van der Waals surface area contributed by atoms with E-state index >= 15 is 0 Å². The molecule has 2 atom stereocenters. The second kappa shape index (κ2) is 14.7. The largest absolute Gasteiger partial charge is 0.481 e. The number of sulfonamides is 1. The van der Waals surface area contributed by atoms with Crippen molar-refractivity contribution in [2.24, 2.45) is 5.41 Å². The van der Waals surface area contributed by atoms with Gasteiger partial charge in [-0.1, -0.05) is 35.9 Å². The van der Waals surface area contributed by atoms with Crippen LogP contribution in [0.15, 0.2) is 41.3 Å². The Kier molecular flexibility index (Phi) is 10.5. The zero-order valence-electron chi connectivity index (χ0n) is 32.9. The summed E-state index contributed by atoms with van der Waals surface area (Å²) in [6, 6.07) is 12.2. The molecule has 0 bridgehead atoms. The van der Waals surface area contributed by atoms with Gasteiger partial charge in [-0.2, -0.15) is 22.8 Å². The molecule has 4 aromatic rings. The van der Waals surface area contributed by atoms with Crippen molar-refractivity contribution in [3.05, 3.63) is 69.8 Å². The van der Waals surface area contributed by atoms with Crippen LogP contribution in [0, 0.1) is 26.2 Å². The first-order chi connectivity index (χ1) is 25.7. The van der Waals surface area contributed by atoms with Gasteiger partial charge in [-0.15, -0.1) is 5.10 Å². The van der Waals surface area contributed by atoms with Gasteiger partial charge in [-0.25, -0.2) is 13.1 Å². The van der Waals surface area contributed by atoms with E-state index < -0.39 is 32.9 Å². The van der Waals surface area contributed by atoms with Crippen LogP contribution < -0.4 is 10.1 Å². The SMILES string of the molecule is Cc1ccc(C(c2ccc3c(nnn3C3CC3)c2C)C(C)(C)C(=O)O)cc1CN1CC2(CC2)Oc2nc(N[C@@H](C)CN3CCCCC3)c(C)cc2S1(=O)=O.S. The van der Waals surface area contributed by atoms with Crippen molar-refractivity contribution < 1.29 is 23.1 Å². The van der Waals surface area contributed by atoms with Gasteiger partial charge >= 0.3 is 5.97 Å². The number of nitrogens with zero attached hydrogens (tertiary/aromatic N) is 6. The normalized spacial score (nSPS) is 20.5. The molecule has 55 heavy (non-hydrogen) atoms. The summed E-state index contributed by atoms with van der Waals surface area (Å²) in [5.41, 5.74) is 4.96. The number of aliphatic carboxylic acids is 1. The smallest absolute Gasteiger partial charge is 0.310 e. The van der Waals surface area contributed by atoms with Crippen LogP contribution in [0.25, 0.3) is 11.0 Å². The van der Waals surface area contributed by atoms with Gasteiger partial charge in [-0.3, -0.25) is 4.79 Å². The number of likely N-dealkylation sites (tertiary alicyclic amines) is 1. The first-order valence-corrected chi connectivity index (χ1v) is 21.0. The van der Waals surface area contributed by atoms with Gasteiger partial charge < -0.3 is 20.1 Å². The van der Waals surface area contributed by atoms with Crippen molar-refractivity contribution in [2.45, 2.75) is 122 Å². The number of carboxylic acid groups (broad SMARTS) is 1. The maximum absolute atomic E-state index is 14.6. The lowest BCUT2D eigenvalue weighted by Crippen LogP contribution is -2.38. The average molecular weight is 790 g/mol. The number of nitrogens with one attached hydrogen (secondary N) is 1. The average Bonchev–Trinajstić information content (AvgIpc) is 4.06. The molecule has 8 rings (SSSR count). The Morgan fingerprint density at radius 3 is 2.45 bits per heavy atom. The molecule has 4 heterocycles. The minimum absolute atomic E-state index is 0. The third-order valence-electron chi connectivity index (χ3n) is 12.2. The molecule has 296 valence electrons. The highest BCUT2D eigenvalue weighted by Gasteiger charge is 2.53. The fraction of sp³-hybridized carbons (Fsp3) is 0.561. The number of fused-ring (bicyclic) bond motifs is 2. The van der Waals surface area contributed by atoms with Crippen LogP contribution in [-0.4, -0.2) is 86.5 Å². The molecular weight excluding hydrogens is 735 g/mol. The molecule has 1 saturated heterocycles. The van der Waals surface area contributed by atoms with E-state index in [4.69, 9.17) is 9.72 Å². The molecule has 1 unspecified atom stereocenters. The highest BCUT2D eigenvalue weighted by atomic mass is 32.2. The van der Waals surface area contributed by atoms with E-state index in [0.717, 1.165) is 89.7 Å². The number of rotatable bonds is 11. The number of carboxylic acids is 1. The summed E-state index contributed by atoms with van der Waals surface area (Å²) in [7, 11) is -4.02. The van der Waals surface area contributed by atoms with E-state index in [2.05, 4.69) is 27.5 Å². The summed E-state index contributed by atoms with van der Waals surface area (Å²) in [4.78, 5) is 20.3. The molecule has 12 nitrogen and oxygen atoms in total. The molecule has 2 aliphatic heterocycles. The molecular formula is C41H55N7O5S2. The van der Waals surface area contributed by atoms with Crippen molar-refractivity contribution in [1.82, 2.24) is 29.2 Å². The second-order valence-corrected chi connectivity index (χ2v) is 18.9. The molecule has 2 aromatic heterocycles. The topological polar surface area (TPSA) is 143 Å². The van der Waals surface area contributed by atoms with Crippen molar-refractivity contribution in [3.8, 4) is 5.88 Å². The highest BCUT2D eigenvalue weighted by Crippen LogP contribution is 2.48. The van der Waals surface area contributed by atoms with E-state index in [1.165, 1.54) is 23.6 Å². The quantitative estimate of drug-likeness (QED) is 0.166. The second-order valence-electron chi connectivity index (χ2n) is 17.0. The Morgan fingerprint density at radius 1 is 1.05 bits per heavy atom. The van der Waals surface area contributed by atoms with Crippen LogP contribution in [0.5, 0.6) is 5.88 Å². The van der Waals surface area contributed by atoms with Gasteiger partial charge in [0.05, 0.1) is 23.5 Å². The van der Waals surface area contributed by atoms with E-state index in [9.17, 15) is 18.3 Å². The molecule has 2 saturated carbocycles. The lowest BCUT2D eigenvalue weighted by molar-refractivity contribution is -0.147. The summed E-state index contributed by atoms with van der Waals surface area (Å²) in [5, 5.41) is 23.1. The fourth-order valence-corrected chi connectivity index (χ4v) is 10.1. The van der Waals surface area contributed by atoms with Crippen LogP contribution >= 0.6 is 13.5 Å². The number of piperidine rings is 1. The lowest BCUT2D eigenvalue weighted by Gasteiger charge is -2.33. The minimum Gasteiger partial charge on any atom is -0.481 e. The molecule has 4 aliphatic rings. The Balaban J connectivity index is 0.00000465. The first kappa shape index (κ1) is 39.5. The van der Waals surface area contributed by atoms with Crippen LogP contribution in [-0.2, 0) is 21.4 Å². The highest BCUT2D eigenvalue weighted by molar-refractivity contribution is 7.89. The number of carbonyl (C=O) groups is 1. The number of hydrogen-bond acceptors (Lipinski definition) is 9. The van der Waals surface area contributed by atoms with Crippen LogP contribution in [0.1, 0.15) is 111 Å². The zero-order chi connectivity index (χ0) is 38.2. The molecule has 0 radical (unpaired) electrons.